The average Bonchev–Trinajstić information content (AvgIpc) is 2.95. The van der Waals surface area contributed by atoms with Crippen molar-refractivity contribution >= 4 is 10.0 Å². The highest BCUT2D eigenvalue weighted by atomic mass is 32.2. The van der Waals surface area contributed by atoms with Crippen LogP contribution in [0.4, 0.5) is 8.78 Å². The molecular formula is C16H20F2N2O4S. The summed E-state index contributed by atoms with van der Waals surface area (Å²) in [5.41, 5.74) is 0.313. The van der Waals surface area contributed by atoms with Crippen molar-refractivity contribution in [2.45, 2.75) is 32.7 Å². The zero-order chi connectivity index (χ0) is 18.8. The summed E-state index contributed by atoms with van der Waals surface area (Å²) in [5, 5.41) is 0. The molecule has 1 unspecified atom stereocenters. The van der Waals surface area contributed by atoms with E-state index in [9.17, 15) is 22.0 Å². The number of oxazole rings is 1. The number of rotatable bonds is 7. The van der Waals surface area contributed by atoms with Crippen LogP contribution < -0.4 is 5.76 Å². The summed E-state index contributed by atoms with van der Waals surface area (Å²) in [6.07, 6.45) is 2.74. The van der Waals surface area contributed by atoms with Crippen molar-refractivity contribution in [1.82, 2.24) is 9.29 Å². The van der Waals surface area contributed by atoms with Gasteiger partial charge in [-0.15, -0.1) is 0 Å². The number of benzene rings is 1. The second-order valence-electron chi connectivity index (χ2n) is 5.89. The minimum atomic E-state index is -3.53. The zero-order valence-corrected chi connectivity index (χ0v) is 15.0. The maximum absolute atomic E-state index is 14.4. The van der Waals surface area contributed by atoms with Crippen LogP contribution >= 0.6 is 0 Å². The first-order valence-corrected chi connectivity index (χ1v) is 9.59. The van der Waals surface area contributed by atoms with Crippen LogP contribution in [0.25, 0.3) is 0 Å². The third-order valence-electron chi connectivity index (χ3n) is 3.93. The topological polar surface area (TPSA) is 83.4 Å². The number of aromatic amines is 1. The molecule has 0 aliphatic carbocycles. The van der Waals surface area contributed by atoms with E-state index in [4.69, 9.17) is 0 Å². The molecule has 1 aromatic carbocycles. The first-order chi connectivity index (χ1) is 11.6. The van der Waals surface area contributed by atoms with Crippen LogP contribution in [0.2, 0.25) is 0 Å². The van der Waals surface area contributed by atoms with Gasteiger partial charge in [0, 0.05) is 24.6 Å². The standard InChI is InChI=1S/C16H20F2N2O4S/c1-4-5-20(25(3,22)23)8-11-6-14(18)12(7-13(11)17)10(2)15-9-24-16(21)19-15/h6-7,9-10H,4-5,8H2,1-3H3,(H,19,21). The number of H-pyrrole nitrogens is 1. The predicted molar refractivity (Wildman–Crippen MR) is 88.7 cm³/mol. The van der Waals surface area contributed by atoms with Gasteiger partial charge in [0.1, 0.15) is 17.9 Å². The van der Waals surface area contributed by atoms with Gasteiger partial charge in [-0.3, -0.25) is 4.98 Å². The van der Waals surface area contributed by atoms with Crippen molar-refractivity contribution in [2.24, 2.45) is 0 Å². The highest BCUT2D eigenvalue weighted by Crippen LogP contribution is 2.27. The largest absolute Gasteiger partial charge is 0.416 e. The number of halogens is 2. The van der Waals surface area contributed by atoms with Crippen molar-refractivity contribution < 1.29 is 21.6 Å². The minimum absolute atomic E-state index is 0.0414. The summed E-state index contributed by atoms with van der Waals surface area (Å²) < 4.78 is 58.1. The van der Waals surface area contributed by atoms with Crippen LogP contribution in [0.15, 0.2) is 27.6 Å². The van der Waals surface area contributed by atoms with E-state index in [0.29, 0.717) is 12.1 Å². The Bertz CT molecular complexity index is 905. The molecule has 0 saturated heterocycles. The van der Waals surface area contributed by atoms with Gasteiger partial charge < -0.3 is 4.42 Å². The Morgan fingerprint density at radius 3 is 2.48 bits per heavy atom. The lowest BCUT2D eigenvalue weighted by Gasteiger charge is -2.20. The van der Waals surface area contributed by atoms with Crippen molar-refractivity contribution in [2.75, 3.05) is 12.8 Å². The summed E-state index contributed by atoms with van der Waals surface area (Å²) in [5.74, 6) is -2.70. The molecule has 2 rings (SSSR count). The van der Waals surface area contributed by atoms with Crippen LogP contribution in [0.5, 0.6) is 0 Å². The van der Waals surface area contributed by atoms with Crippen molar-refractivity contribution in [3.8, 4) is 0 Å². The average molecular weight is 374 g/mol. The van der Waals surface area contributed by atoms with Crippen molar-refractivity contribution in [3.63, 3.8) is 0 Å². The van der Waals surface area contributed by atoms with E-state index in [1.807, 2.05) is 0 Å². The van der Waals surface area contributed by atoms with E-state index in [2.05, 4.69) is 9.40 Å². The van der Waals surface area contributed by atoms with Crippen LogP contribution in [0.3, 0.4) is 0 Å². The lowest BCUT2D eigenvalue weighted by atomic mass is 9.96. The molecule has 0 aliphatic heterocycles. The predicted octanol–water partition coefficient (Wildman–Crippen LogP) is 2.57. The number of aromatic nitrogens is 1. The molecule has 1 N–H and O–H groups in total. The van der Waals surface area contributed by atoms with Crippen LogP contribution in [0.1, 0.15) is 43.0 Å². The van der Waals surface area contributed by atoms with Gasteiger partial charge >= 0.3 is 5.76 Å². The Balaban J connectivity index is 2.35. The summed E-state index contributed by atoms with van der Waals surface area (Å²) in [4.78, 5) is 13.5. The van der Waals surface area contributed by atoms with E-state index in [1.54, 1.807) is 13.8 Å². The number of sulfonamides is 1. The first kappa shape index (κ1) is 19.3. The molecule has 0 fully saturated rings. The van der Waals surface area contributed by atoms with Gasteiger partial charge in [-0.25, -0.2) is 22.0 Å². The fourth-order valence-corrected chi connectivity index (χ4v) is 3.42. The van der Waals surface area contributed by atoms with E-state index in [1.165, 1.54) is 0 Å². The quantitative estimate of drug-likeness (QED) is 0.807. The molecule has 6 nitrogen and oxygen atoms in total. The van der Waals surface area contributed by atoms with E-state index in [0.717, 1.165) is 29.0 Å². The molecule has 0 saturated carbocycles. The number of nitrogens with one attached hydrogen (secondary N) is 1. The van der Waals surface area contributed by atoms with Crippen LogP contribution in [-0.4, -0.2) is 30.5 Å². The normalized spacial score (nSPS) is 13.4. The SMILES string of the molecule is CCCN(Cc1cc(F)c(C(C)c2coc(=O)[nH]2)cc1F)S(C)(=O)=O. The van der Waals surface area contributed by atoms with E-state index >= 15 is 0 Å². The highest BCUT2D eigenvalue weighted by molar-refractivity contribution is 7.88. The van der Waals surface area contributed by atoms with E-state index in [-0.39, 0.29) is 24.2 Å². The molecule has 138 valence electrons. The molecule has 9 heteroatoms. The number of nitrogens with zero attached hydrogens (tertiary/aromatic N) is 1. The third-order valence-corrected chi connectivity index (χ3v) is 5.18. The van der Waals surface area contributed by atoms with Gasteiger partial charge in [0.15, 0.2) is 0 Å². The van der Waals surface area contributed by atoms with Gasteiger partial charge in [0.2, 0.25) is 10.0 Å². The van der Waals surface area contributed by atoms with Gasteiger partial charge in [0.05, 0.1) is 11.9 Å². The maximum atomic E-state index is 14.4. The molecule has 0 spiro atoms. The summed E-state index contributed by atoms with van der Waals surface area (Å²) in [6.45, 7) is 3.37. The van der Waals surface area contributed by atoms with E-state index < -0.39 is 33.3 Å². The molecule has 2 aromatic rings. The minimum Gasteiger partial charge on any atom is -0.416 e. The lowest BCUT2D eigenvalue weighted by Crippen LogP contribution is -2.30. The second kappa shape index (κ2) is 7.49. The smallest absolute Gasteiger partial charge is 0.416 e. The van der Waals surface area contributed by atoms with Gasteiger partial charge in [0.25, 0.3) is 0 Å². The molecule has 1 aromatic heterocycles. The molecule has 1 heterocycles. The summed E-state index contributed by atoms with van der Waals surface area (Å²) >= 11 is 0. The molecule has 0 aliphatic rings. The fourth-order valence-electron chi connectivity index (χ4n) is 2.53. The Morgan fingerprint density at radius 2 is 1.96 bits per heavy atom. The van der Waals surface area contributed by atoms with Gasteiger partial charge in [-0.05, 0) is 24.1 Å². The molecule has 0 amide bonds. The van der Waals surface area contributed by atoms with Gasteiger partial charge in [-0.2, -0.15) is 4.31 Å². The van der Waals surface area contributed by atoms with Crippen LogP contribution in [0, 0.1) is 11.6 Å². The number of hydrogen-bond donors (Lipinski definition) is 1. The monoisotopic (exact) mass is 374 g/mol. The highest BCUT2D eigenvalue weighted by Gasteiger charge is 2.22. The maximum Gasteiger partial charge on any atom is 0.416 e. The van der Waals surface area contributed by atoms with Gasteiger partial charge in [-0.1, -0.05) is 13.8 Å². The molecule has 0 bridgehead atoms. The molecule has 1 atom stereocenters. The molecule has 25 heavy (non-hydrogen) atoms. The Hall–Kier alpha value is -2.00. The number of hydrogen-bond acceptors (Lipinski definition) is 4. The van der Waals surface area contributed by atoms with Crippen molar-refractivity contribution in [3.05, 3.63) is 57.4 Å². The summed E-state index contributed by atoms with van der Waals surface area (Å²) in [7, 11) is -3.53. The fraction of sp³-hybridized carbons (Fsp3) is 0.438. The molecular weight excluding hydrogens is 354 g/mol. The Morgan fingerprint density at radius 1 is 1.28 bits per heavy atom. The second-order valence-corrected chi connectivity index (χ2v) is 7.87. The molecule has 0 radical (unpaired) electrons. The van der Waals surface area contributed by atoms with Crippen molar-refractivity contribution in [1.29, 1.82) is 0 Å². The Labute approximate surface area is 144 Å². The Kier molecular flexibility index (Phi) is 5.79. The lowest BCUT2D eigenvalue weighted by molar-refractivity contribution is 0.400. The first-order valence-electron chi connectivity index (χ1n) is 7.74. The zero-order valence-electron chi connectivity index (χ0n) is 14.2. The van der Waals surface area contributed by atoms with Crippen LogP contribution in [-0.2, 0) is 16.6 Å². The third kappa shape index (κ3) is 4.55. The summed E-state index contributed by atoms with van der Waals surface area (Å²) in [6, 6.07) is 2.01.